The van der Waals surface area contributed by atoms with Crippen LogP contribution >= 0.6 is 11.6 Å². The van der Waals surface area contributed by atoms with Crippen molar-refractivity contribution in [3.63, 3.8) is 0 Å². The summed E-state index contributed by atoms with van der Waals surface area (Å²) in [6, 6.07) is 11.6. The van der Waals surface area contributed by atoms with E-state index in [4.69, 9.17) is 16.3 Å². The molecule has 1 aliphatic rings. The molecule has 1 fully saturated rings. The molecule has 0 aromatic heterocycles. The lowest BCUT2D eigenvalue weighted by Gasteiger charge is -2.37. The van der Waals surface area contributed by atoms with Gasteiger partial charge >= 0.3 is 0 Å². The Morgan fingerprint density at radius 1 is 1.04 bits per heavy atom. The predicted molar refractivity (Wildman–Crippen MR) is 107 cm³/mol. The lowest BCUT2D eigenvalue weighted by Crippen LogP contribution is -2.49. The van der Waals surface area contributed by atoms with E-state index in [1.807, 2.05) is 55.1 Å². The molecule has 1 amide bonds. The Hall–Kier alpha value is -2.20. The quantitative estimate of drug-likeness (QED) is 0.801. The summed E-state index contributed by atoms with van der Waals surface area (Å²) in [5.41, 5.74) is 4.07. The van der Waals surface area contributed by atoms with Gasteiger partial charge in [-0.1, -0.05) is 17.7 Å². The molecule has 138 valence electrons. The van der Waals surface area contributed by atoms with Crippen LogP contribution in [0.15, 0.2) is 36.4 Å². The molecule has 4 nitrogen and oxygen atoms in total. The monoisotopic (exact) mass is 372 g/mol. The molecular weight excluding hydrogens is 348 g/mol. The molecule has 0 unspecified atom stereocenters. The zero-order valence-corrected chi connectivity index (χ0v) is 16.3. The Kier molecular flexibility index (Phi) is 5.72. The number of rotatable bonds is 4. The number of anilines is 1. The summed E-state index contributed by atoms with van der Waals surface area (Å²) in [6.07, 6.45) is 0. The van der Waals surface area contributed by atoms with E-state index < -0.39 is 0 Å². The average molecular weight is 373 g/mol. The second kappa shape index (κ2) is 8.00. The fraction of sp³-hybridized carbons (Fsp3) is 0.381. The maximum absolute atomic E-state index is 12.8. The maximum Gasteiger partial charge on any atom is 0.253 e. The Morgan fingerprint density at radius 3 is 2.42 bits per heavy atom. The van der Waals surface area contributed by atoms with E-state index in [-0.39, 0.29) is 5.91 Å². The number of carbonyl (C=O) groups excluding carboxylic acids is 1. The SMILES string of the molecule is CCOc1ccc(C(=O)N2CCN(c3cc(Cl)ccc3C)CC2)cc1C. The summed E-state index contributed by atoms with van der Waals surface area (Å²) < 4.78 is 5.56. The molecule has 2 aromatic rings. The van der Waals surface area contributed by atoms with Gasteiger partial charge < -0.3 is 14.5 Å². The second-order valence-corrected chi connectivity index (χ2v) is 7.06. The molecule has 0 N–H and O–H groups in total. The van der Waals surface area contributed by atoms with Crippen molar-refractivity contribution in [3.8, 4) is 5.75 Å². The number of hydrogen-bond donors (Lipinski definition) is 0. The van der Waals surface area contributed by atoms with Gasteiger partial charge in [-0.3, -0.25) is 4.79 Å². The highest BCUT2D eigenvalue weighted by molar-refractivity contribution is 6.30. The van der Waals surface area contributed by atoms with Crippen molar-refractivity contribution in [1.29, 1.82) is 0 Å². The van der Waals surface area contributed by atoms with E-state index in [1.54, 1.807) is 0 Å². The van der Waals surface area contributed by atoms with Gasteiger partial charge in [0.1, 0.15) is 5.75 Å². The van der Waals surface area contributed by atoms with Crippen LogP contribution in [-0.4, -0.2) is 43.6 Å². The molecule has 2 aromatic carbocycles. The largest absolute Gasteiger partial charge is 0.494 e. The third kappa shape index (κ3) is 3.96. The van der Waals surface area contributed by atoms with Crippen LogP contribution in [0.2, 0.25) is 5.02 Å². The first-order valence-electron chi connectivity index (χ1n) is 9.03. The molecule has 1 heterocycles. The third-order valence-electron chi connectivity index (χ3n) is 4.80. The standard InChI is InChI=1S/C21H25ClN2O2/c1-4-26-20-8-6-17(13-16(20)3)21(25)24-11-9-23(10-12-24)19-14-18(22)7-5-15(19)2/h5-8,13-14H,4,9-12H2,1-3H3. The molecule has 1 saturated heterocycles. The molecular formula is C21H25ClN2O2. The summed E-state index contributed by atoms with van der Waals surface area (Å²) in [5.74, 6) is 0.920. The van der Waals surface area contributed by atoms with Gasteiger partial charge in [0.15, 0.2) is 0 Å². The third-order valence-corrected chi connectivity index (χ3v) is 5.04. The number of benzene rings is 2. The van der Waals surface area contributed by atoms with Gasteiger partial charge in [-0.25, -0.2) is 0 Å². The highest BCUT2D eigenvalue weighted by Gasteiger charge is 2.23. The summed E-state index contributed by atoms with van der Waals surface area (Å²) >= 11 is 6.14. The van der Waals surface area contributed by atoms with Crippen LogP contribution in [0.1, 0.15) is 28.4 Å². The number of halogens is 1. The van der Waals surface area contributed by atoms with E-state index >= 15 is 0 Å². The van der Waals surface area contributed by atoms with Crippen LogP contribution < -0.4 is 9.64 Å². The summed E-state index contributed by atoms with van der Waals surface area (Å²) in [6.45, 7) is 9.67. The van der Waals surface area contributed by atoms with E-state index in [2.05, 4.69) is 11.8 Å². The molecule has 1 aliphatic heterocycles. The van der Waals surface area contributed by atoms with Crippen molar-refractivity contribution in [3.05, 3.63) is 58.1 Å². The van der Waals surface area contributed by atoms with Gasteiger partial charge in [-0.15, -0.1) is 0 Å². The fourth-order valence-corrected chi connectivity index (χ4v) is 3.52. The minimum atomic E-state index is 0.0821. The van der Waals surface area contributed by atoms with Crippen molar-refractivity contribution in [2.45, 2.75) is 20.8 Å². The number of carbonyl (C=O) groups is 1. The number of hydrogen-bond acceptors (Lipinski definition) is 3. The van der Waals surface area contributed by atoms with E-state index in [0.717, 1.165) is 40.7 Å². The van der Waals surface area contributed by atoms with E-state index in [1.165, 1.54) is 5.56 Å². The molecule has 26 heavy (non-hydrogen) atoms. The van der Waals surface area contributed by atoms with Gasteiger partial charge in [0.05, 0.1) is 6.61 Å². The van der Waals surface area contributed by atoms with Crippen LogP contribution in [0.3, 0.4) is 0 Å². The molecule has 3 rings (SSSR count). The van der Waals surface area contributed by atoms with Gasteiger partial charge in [0.25, 0.3) is 5.91 Å². The van der Waals surface area contributed by atoms with Crippen LogP contribution in [0.25, 0.3) is 0 Å². The lowest BCUT2D eigenvalue weighted by molar-refractivity contribution is 0.0746. The topological polar surface area (TPSA) is 32.8 Å². The second-order valence-electron chi connectivity index (χ2n) is 6.62. The van der Waals surface area contributed by atoms with Crippen molar-refractivity contribution in [2.24, 2.45) is 0 Å². The number of nitrogens with zero attached hydrogens (tertiary/aromatic N) is 2. The average Bonchev–Trinajstić information content (AvgIpc) is 2.65. The van der Waals surface area contributed by atoms with Gasteiger partial charge in [0.2, 0.25) is 0 Å². The zero-order valence-electron chi connectivity index (χ0n) is 15.6. The highest BCUT2D eigenvalue weighted by Crippen LogP contribution is 2.26. The molecule has 0 spiro atoms. The molecule has 0 aliphatic carbocycles. The highest BCUT2D eigenvalue weighted by atomic mass is 35.5. The van der Waals surface area contributed by atoms with Crippen molar-refractivity contribution >= 4 is 23.2 Å². The Labute approximate surface area is 160 Å². The van der Waals surface area contributed by atoms with E-state index in [9.17, 15) is 4.79 Å². The minimum Gasteiger partial charge on any atom is -0.494 e. The minimum absolute atomic E-state index is 0.0821. The number of aryl methyl sites for hydroxylation is 2. The summed E-state index contributed by atoms with van der Waals surface area (Å²) in [7, 11) is 0. The Bertz CT molecular complexity index is 799. The van der Waals surface area contributed by atoms with Crippen molar-refractivity contribution < 1.29 is 9.53 Å². The number of piperazine rings is 1. The first-order valence-corrected chi connectivity index (χ1v) is 9.41. The lowest BCUT2D eigenvalue weighted by atomic mass is 10.1. The van der Waals surface area contributed by atoms with Crippen molar-refractivity contribution in [1.82, 2.24) is 4.90 Å². The smallest absolute Gasteiger partial charge is 0.253 e. The fourth-order valence-electron chi connectivity index (χ4n) is 3.36. The number of ether oxygens (including phenoxy) is 1. The Balaban J connectivity index is 1.67. The molecule has 0 atom stereocenters. The zero-order chi connectivity index (χ0) is 18.7. The molecule has 5 heteroatoms. The maximum atomic E-state index is 12.8. The van der Waals surface area contributed by atoms with Crippen LogP contribution in [0, 0.1) is 13.8 Å². The Morgan fingerprint density at radius 2 is 1.77 bits per heavy atom. The van der Waals surface area contributed by atoms with Gasteiger partial charge in [0, 0.05) is 42.5 Å². The van der Waals surface area contributed by atoms with Crippen LogP contribution in [0.5, 0.6) is 5.75 Å². The number of amides is 1. The summed E-state index contributed by atoms with van der Waals surface area (Å²) in [4.78, 5) is 17.1. The molecule has 0 radical (unpaired) electrons. The van der Waals surface area contributed by atoms with Crippen molar-refractivity contribution in [2.75, 3.05) is 37.7 Å². The summed E-state index contributed by atoms with van der Waals surface area (Å²) in [5, 5.41) is 0.744. The molecule has 0 saturated carbocycles. The predicted octanol–water partition coefficient (Wildman–Crippen LogP) is 4.32. The molecule has 0 bridgehead atoms. The normalized spacial score (nSPS) is 14.5. The van der Waals surface area contributed by atoms with Gasteiger partial charge in [-0.05, 0) is 62.2 Å². The van der Waals surface area contributed by atoms with Crippen LogP contribution in [-0.2, 0) is 0 Å². The van der Waals surface area contributed by atoms with Crippen LogP contribution in [0.4, 0.5) is 5.69 Å². The van der Waals surface area contributed by atoms with Gasteiger partial charge in [-0.2, -0.15) is 0 Å². The van der Waals surface area contributed by atoms with E-state index in [0.29, 0.717) is 19.7 Å². The first kappa shape index (κ1) is 18.6. The first-order chi connectivity index (χ1) is 12.5.